The second-order valence-electron chi connectivity index (χ2n) is 5.28. The van der Waals surface area contributed by atoms with Gasteiger partial charge in [0, 0.05) is 29.3 Å². The van der Waals surface area contributed by atoms with Gasteiger partial charge in [-0.3, -0.25) is 15.5 Å². The number of nitro benzene ring substituents is 1. The molecule has 3 rings (SSSR count). The summed E-state index contributed by atoms with van der Waals surface area (Å²) in [5.74, 6) is 0.488. The molecule has 1 unspecified atom stereocenters. The highest BCUT2D eigenvalue weighted by atomic mass is 32.1. The first-order valence-corrected chi connectivity index (χ1v) is 8.25. The summed E-state index contributed by atoms with van der Waals surface area (Å²) < 4.78 is 0. The van der Waals surface area contributed by atoms with Crippen LogP contribution < -0.4 is 5.43 Å². The molecule has 0 fully saturated rings. The minimum Gasteiger partial charge on any atom is -0.258 e. The van der Waals surface area contributed by atoms with Crippen LogP contribution in [0.1, 0.15) is 19.3 Å². The van der Waals surface area contributed by atoms with Crippen molar-refractivity contribution in [2.45, 2.75) is 19.3 Å². The van der Waals surface area contributed by atoms with Crippen LogP contribution in [-0.4, -0.2) is 16.1 Å². The molecule has 0 amide bonds. The Labute approximate surface area is 137 Å². The number of hydrogen-bond acceptors (Lipinski definition) is 6. The molecule has 1 heterocycles. The molecule has 0 spiro atoms. The molecule has 1 aromatic carbocycles. The summed E-state index contributed by atoms with van der Waals surface area (Å²) in [5.41, 5.74) is 4.66. The van der Waals surface area contributed by atoms with Crippen molar-refractivity contribution < 1.29 is 4.92 Å². The summed E-state index contributed by atoms with van der Waals surface area (Å²) in [6.07, 6.45) is 9.62. The lowest BCUT2D eigenvalue weighted by Crippen LogP contribution is -2.04. The number of hydrazone groups is 1. The first-order chi connectivity index (χ1) is 11.2. The fourth-order valence-electron chi connectivity index (χ4n) is 2.36. The number of nitrogens with one attached hydrogen (secondary N) is 1. The van der Waals surface area contributed by atoms with Crippen molar-refractivity contribution in [1.29, 1.82) is 0 Å². The van der Waals surface area contributed by atoms with Crippen LogP contribution >= 0.6 is 11.3 Å². The van der Waals surface area contributed by atoms with Crippen molar-refractivity contribution in [2.24, 2.45) is 11.0 Å². The summed E-state index contributed by atoms with van der Waals surface area (Å²) in [7, 11) is 0. The molecule has 1 aromatic heterocycles. The number of aromatic nitrogens is 1. The Morgan fingerprint density at radius 2 is 2.17 bits per heavy atom. The monoisotopic (exact) mass is 328 g/mol. The average Bonchev–Trinajstić information content (AvgIpc) is 3.05. The first kappa shape index (κ1) is 15.4. The smallest absolute Gasteiger partial charge is 0.258 e. The fraction of sp³-hybridized carbons (Fsp3) is 0.250. The lowest BCUT2D eigenvalue weighted by molar-refractivity contribution is -0.384. The van der Waals surface area contributed by atoms with Crippen molar-refractivity contribution in [3.05, 3.63) is 51.9 Å². The van der Waals surface area contributed by atoms with E-state index in [1.54, 1.807) is 12.1 Å². The summed E-state index contributed by atoms with van der Waals surface area (Å²) >= 11 is 1.46. The molecule has 118 valence electrons. The number of anilines is 1. The van der Waals surface area contributed by atoms with Gasteiger partial charge in [0.25, 0.3) is 5.69 Å². The van der Waals surface area contributed by atoms with Crippen molar-refractivity contribution in [2.75, 3.05) is 5.43 Å². The second-order valence-corrected chi connectivity index (χ2v) is 6.13. The van der Waals surface area contributed by atoms with Crippen LogP contribution in [0.2, 0.25) is 0 Å². The largest absolute Gasteiger partial charge is 0.269 e. The summed E-state index contributed by atoms with van der Waals surface area (Å²) in [4.78, 5) is 14.7. The number of nitro groups is 1. The molecule has 0 radical (unpaired) electrons. The summed E-state index contributed by atoms with van der Waals surface area (Å²) in [5, 5.41) is 17.5. The second kappa shape index (κ2) is 7.15. The molecule has 0 aliphatic heterocycles. The first-order valence-electron chi connectivity index (χ1n) is 7.37. The van der Waals surface area contributed by atoms with E-state index in [1.165, 1.54) is 23.5 Å². The Balaban J connectivity index is 1.62. The number of thiazole rings is 1. The van der Waals surface area contributed by atoms with Gasteiger partial charge < -0.3 is 0 Å². The van der Waals surface area contributed by atoms with E-state index in [2.05, 4.69) is 27.7 Å². The van der Waals surface area contributed by atoms with E-state index in [0.29, 0.717) is 11.0 Å². The molecule has 6 nitrogen and oxygen atoms in total. The van der Waals surface area contributed by atoms with E-state index in [9.17, 15) is 10.1 Å². The molecule has 1 N–H and O–H groups in total. The predicted molar refractivity (Wildman–Crippen MR) is 92.8 cm³/mol. The minimum absolute atomic E-state index is 0.0773. The Morgan fingerprint density at radius 1 is 1.35 bits per heavy atom. The van der Waals surface area contributed by atoms with Gasteiger partial charge in [0.2, 0.25) is 5.13 Å². The number of nitrogens with zero attached hydrogens (tertiary/aromatic N) is 3. The van der Waals surface area contributed by atoms with Crippen molar-refractivity contribution >= 4 is 28.4 Å². The van der Waals surface area contributed by atoms with Gasteiger partial charge in [-0.15, -0.1) is 11.3 Å². The highest BCUT2D eigenvalue weighted by Crippen LogP contribution is 2.26. The Hall–Kier alpha value is -2.54. The number of allylic oxidation sites excluding steroid dienone is 2. The summed E-state index contributed by atoms with van der Waals surface area (Å²) in [6, 6.07) is 6.37. The number of rotatable bonds is 5. The maximum absolute atomic E-state index is 10.7. The lowest BCUT2D eigenvalue weighted by Gasteiger charge is -2.11. The van der Waals surface area contributed by atoms with Crippen molar-refractivity contribution in [3.63, 3.8) is 0 Å². The number of non-ortho nitro benzene ring substituents is 1. The van der Waals surface area contributed by atoms with E-state index in [1.807, 2.05) is 11.6 Å². The molecule has 1 aliphatic rings. The Kier molecular flexibility index (Phi) is 4.77. The van der Waals surface area contributed by atoms with Crippen LogP contribution in [0.15, 0.2) is 46.9 Å². The maximum Gasteiger partial charge on any atom is 0.269 e. The quantitative estimate of drug-likeness (QED) is 0.380. The molecule has 0 saturated heterocycles. The third-order valence-corrected chi connectivity index (χ3v) is 4.38. The average molecular weight is 328 g/mol. The van der Waals surface area contributed by atoms with E-state index in [4.69, 9.17) is 0 Å². The molecule has 23 heavy (non-hydrogen) atoms. The topological polar surface area (TPSA) is 80.4 Å². The van der Waals surface area contributed by atoms with E-state index >= 15 is 0 Å². The molecule has 1 aliphatic carbocycles. The van der Waals surface area contributed by atoms with Crippen molar-refractivity contribution in [1.82, 2.24) is 4.98 Å². The molecule has 0 bridgehead atoms. The zero-order valence-corrected chi connectivity index (χ0v) is 13.2. The SMILES string of the molecule is O=[N+]([O-])c1ccc(-c2csc(NN=CC3CC=CCC3)n2)cc1. The van der Waals surface area contributed by atoms with E-state index in [-0.39, 0.29) is 5.69 Å². The van der Waals surface area contributed by atoms with Gasteiger partial charge in [0.05, 0.1) is 10.6 Å². The van der Waals surface area contributed by atoms with Gasteiger partial charge in [0.15, 0.2) is 0 Å². The van der Waals surface area contributed by atoms with Crippen LogP contribution in [0.25, 0.3) is 11.3 Å². The normalized spacial score (nSPS) is 17.5. The van der Waals surface area contributed by atoms with Gasteiger partial charge in [-0.1, -0.05) is 12.2 Å². The van der Waals surface area contributed by atoms with E-state index < -0.39 is 4.92 Å². The van der Waals surface area contributed by atoms with Crippen molar-refractivity contribution in [3.8, 4) is 11.3 Å². The van der Waals surface area contributed by atoms with E-state index in [0.717, 1.165) is 30.5 Å². The number of benzene rings is 1. The molecular formula is C16H16N4O2S. The zero-order valence-electron chi connectivity index (χ0n) is 12.4. The highest BCUT2D eigenvalue weighted by Gasteiger charge is 2.09. The molecule has 2 aromatic rings. The standard InChI is InChI=1S/C16H16N4O2S/c21-20(22)14-8-6-13(7-9-14)15-11-23-16(18-15)19-17-10-12-4-2-1-3-5-12/h1-2,6-12H,3-5H2,(H,18,19). The Bertz CT molecular complexity index is 737. The molecule has 1 atom stereocenters. The fourth-order valence-corrected chi connectivity index (χ4v) is 3.03. The maximum atomic E-state index is 10.7. The molecular weight excluding hydrogens is 312 g/mol. The van der Waals surface area contributed by atoms with Crippen LogP contribution in [-0.2, 0) is 0 Å². The molecule has 7 heteroatoms. The summed E-state index contributed by atoms with van der Waals surface area (Å²) in [6.45, 7) is 0. The third-order valence-electron chi connectivity index (χ3n) is 3.63. The van der Waals surface area contributed by atoms with Gasteiger partial charge in [-0.05, 0) is 37.3 Å². The van der Waals surface area contributed by atoms with Crippen LogP contribution in [0.4, 0.5) is 10.8 Å². The van der Waals surface area contributed by atoms with Gasteiger partial charge in [-0.2, -0.15) is 5.10 Å². The van der Waals surface area contributed by atoms with Crippen LogP contribution in [0.5, 0.6) is 0 Å². The Morgan fingerprint density at radius 3 is 2.87 bits per heavy atom. The highest BCUT2D eigenvalue weighted by molar-refractivity contribution is 7.14. The predicted octanol–water partition coefficient (Wildman–Crippen LogP) is 4.47. The zero-order chi connectivity index (χ0) is 16.1. The lowest BCUT2D eigenvalue weighted by atomic mass is 9.96. The minimum atomic E-state index is -0.410. The third kappa shape index (κ3) is 4.01. The van der Waals surface area contributed by atoms with Gasteiger partial charge in [0.1, 0.15) is 0 Å². The van der Waals surface area contributed by atoms with Crippen LogP contribution in [0.3, 0.4) is 0 Å². The number of hydrogen-bond donors (Lipinski definition) is 1. The van der Waals surface area contributed by atoms with Gasteiger partial charge >= 0.3 is 0 Å². The van der Waals surface area contributed by atoms with Gasteiger partial charge in [-0.25, -0.2) is 4.98 Å². The van der Waals surface area contributed by atoms with Crippen LogP contribution in [0, 0.1) is 16.0 Å². The molecule has 0 saturated carbocycles.